The molecule has 0 heterocycles. The highest BCUT2D eigenvalue weighted by Crippen LogP contribution is 2.26. The topological polar surface area (TPSA) is 18.5 Å². The lowest BCUT2D eigenvalue weighted by atomic mass is 9.98. The van der Waals surface area contributed by atoms with Crippen LogP contribution in [0.4, 0.5) is 0 Å². The molecule has 0 atom stereocenters. The predicted octanol–water partition coefficient (Wildman–Crippen LogP) is 4.23. The van der Waals surface area contributed by atoms with Crippen LogP contribution in [-0.4, -0.2) is 6.61 Å². The summed E-state index contributed by atoms with van der Waals surface area (Å²) in [5.74, 6) is 1.35. The van der Waals surface area contributed by atoms with E-state index in [1.807, 2.05) is 12.1 Å². The smallest absolute Gasteiger partial charge is 0.168 e. The van der Waals surface area contributed by atoms with Gasteiger partial charge in [0.1, 0.15) is 0 Å². The van der Waals surface area contributed by atoms with Crippen LogP contribution in [-0.2, 0) is 4.89 Å². The van der Waals surface area contributed by atoms with Crippen LogP contribution < -0.4 is 4.89 Å². The van der Waals surface area contributed by atoms with Gasteiger partial charge in [0.05, 0.1) is 6.61 Å². The molecule has 16 heavy (non-hydrogen) atoms. The molecule has 0 fully saturated rings. The molecule has 2 heteroatoms. The molecule has 0 aromatic heterocycles. The number of hydrogen-bond donors (Lipinski definition) is 0. The standard InChI is InChI=1S/C14H22O2/c1-5-6-10-15-16-14-9-7-8-13(11(2)3)12(14)4/h7-9,11H,5-6,10H2,1-4H3. The van der Waals surface area contributed by atoms with Crippen molar-refractivity contribution in [2.75, 3.05) is 6.61 Å². The van der Waals surface area contributed by atoms with Crippen LogP contribution in [0.1, 0.15) is 50.7 Å². The third-order valence-corrected chi connectivity index (χ3v) is 2.68. The monoisotopic (exact) mass is 222 g/mol. The fourth-order valence-corrected chi connectivity index (χ4v) is 1.66. The minimum Gasteiger partial charge on any atom is -0.337 e. The molecule has 1 aromatic carbocycles. The zero-order valence-corrected chi connectivity index (χ0v) is 10.7. The highest BCUT2D eigenvalue weighted by atomic mass is 17.2. The van der Waals surface area contributed by atoms with E-state index in [9.17, 15) is 0 Å². The molecule has 0 spiro atoms. The summed E-state index contributed by atoms with van der Waals surface area (Å²) in [6.45, 7) is 9.23. The molecule has 0 N–H and O–H groups in total. The zero-order chi connectivity index (χ0) is 12.0. The van der Waals surface area contributed by atoms with Gasteiger partial charge in [0.25, 0.3) is 0 Å². The van der Waals surface area contributed by atoms with E-state index in [-0.39, 0.29) is 0 Å². The van der Waals surface area contributed by atoms with Gasteiger partial charge in [0.15, 0.2) is 5.75 Å². The highest BCUT2D eigenvalue weighted by molar-refractivity contribution is 5.40. The fraction of sp³-hybridized carbons (Fsp3) is 0.571. The Bertz CT molecular complexity index is 319. The maximum Gasteiger partial charge on any atom is 0.168 e. The minimum atomic E-state index is 0.513. The molecule has 0 aliphatic rings. The second-order valence-electron chi connectivity index (χ2n) is 4.38. The largest absolute Gasteiger partial charge is 0.337 e. The third kappa shape index (κ3) is 3.53. The number of hydrogen-bond acceptors (Lipinski definition) is 2. The molecule has 0 aliphatic carbocycles. The van der Waals surface area contributed by atoms with Gasteiger partial charge in [-0.25, -0.2) is 0 Å². The lowest BCUT2D eigenvalue weighted by Crippen LogP contribution is -2.02. The molecular weight excluding hydrogens is 200 g/mol. The minimum absolute atomic E-state index is 0.513. The molecule has 0 unspecified atom stereocenters. The first kappa shape index (κ1) is 13.0. The van der Waals surface area contributed by atoms with E-state index < -0.39 is 0 Å². The highest BCUT2D eigenvalue weighted by Gasteiger charge is 2.08. The maximum absolute atomic E-state index is 5.33. The number of benzene rings is 1. The van der Waals surface area contributed by atoms with Crippen LogP contribution in [0.25, 0.3) is 0 Å². The second kappa shape index (κ2) is 6.54. The molecule has 0 radical (unpaired) electrons. The lowest BCUT2D eigenvalue weighted by Gasteiger charge is -2.13. The quantitative estimate of drug-likeness (QED) is 0.407. The Labute approximate surface area is 98.5 Å². The summed E-state index contributed by atoms with van der Waals surface area (Å²) in [5.41, 5.74) is 2.49. The molecule has 90 valence electrons. The van der Waals surface area contributed by atoms with Crippen molar-refractivity contribution in [1.29, 1.82) is 0 Å². The van der Waals surface area contributed by atoms with Crippen molar-refractivity contribution < 1.29 is 9.78 Å². The van der Waals surface area contributed by atoms with Gasteiger partial charge in [-0.3, -0.25) is 0 Å². The third-order valence-electron chi connectivity index (χ3n) is 2.68. The Kier molecular flexibility index (Phi) is 5.33. The van der Waals surface area contributed by atoms with Crippen LogP contribution >= 0.6 is 0 Å². The Morgan fingerprint density at radius 3 is 2.62 bits per heavy atom. The maximum atomic E-state index is 5.33. The summed E-state index contributed by atoms with van der Waals surface area (Å²) in [6, 6.07) is 6.10. The van der Waals surface area contributed by atoms with Crippen LogP contribution in [0.15, 0.2) is 18.2 Å². The van der Waals surface area contributed by atoms with Gasteiger partial charge >= 0.3 is 0 Å². The summed E-state index contributed by atoms with van der Waals surface area (Å²) >= 11 is 0. The van der Waals surface area contributed by atoms with Crippen molar-refractivity contribution in [1.82, 2.24) is 0 Å². The van der Waals surface area contributed by atoms with Gasteiger partial charge in [-0.05, 0) is 36.5 Å². The Morgan fingerprint density at radius 1 is 1.25 bits per heavy atom. The lowest BCUT2D eigenvalue weighted by molar-refractivity contribution is -0.207. The molecule has 2 nitrogen and oxygen atoms in total. The number of unbranched alkanes of at least 4 members (excludes halogenated alkanes) is 1. The van der Waals surface area contributed by atoms with Crippen LogP contribution in [0, 0.1) is 6.92 Å². The van der Waals surface area contributed by atoms with E-state index in [0.717, 1.165) is 18.6 Å². The molecule has 0 aliphatic heterocycles. The van der Waals surface area contributed by atoms with Crippen molar-refractivity contribution in [3.8, 4) is 5.75 Å². The number of rotatable bonds is 6. The van der Waals surface area contributed by atoms with Gasteiger partial charge in [-0.1, -0.05) is 39.3 Å². The van der Waals surface area contributed by atoms with Gasteiger partial charge in [0.2, 0.25) is 0 Å². The van der Waals surface area contributed by atoms with Crippen molar-refractivity contribution >= 4 is 0 Å². The van der Waals surface area contributed by atoms with E-state index in [2.05, 4.69) is 33.8 Å². The first-order valence-electron chi connectivity index (χ1n) is 6.05. The first-order chi connectivity index (χ1) is 7.66. The van der Waals surface area contributed by atoms with E-state index in [1.165, 1.54) is 11.1 Å². The van der Waals surface area contributed by atoms with Crippen molar-refractivity contribution in [2.45, 2.75) is 46.5 Å². The van der Waals surface area contributed by atoms with Gasteiger partial charge in [-0.2, -0.15) is 4.89 Å². The zero-order valence-electron chi connectivity index (χ0n) is 10.7. The predicted molar refractivity (Wildman–Crippen MR) is 66.8 cm³/mol. The second-order valence-corrected chi connectivity index (χ2v) is 4.38. The Hall–Kier alpha value is -1.02. The molecule has 0 saturated heterocycles. The SMILES string of the molecule is CCCCOOc1cccc(C(C)C)c1C. The molecule has 1 aromatic rings. The van der Waals surface area contributed by atoms with Crippen LogP contribution in [0.2, 0.25) is 0 Å². The molecular formula is C14H22O2. The summed E-state index contributed by atoms with van der Waals surface area (Å²) in [5, 5.41) is 0. The van der Waals surface area contributed by atoms with Gasteiger partial charge < -0.3 is 4.89 Å². The molecule has 0 bridgehead atoms. The van der Waals surface area contributed by atoms with Gasteiger partial charge in [0, 0.05) is 0 Å². The summed E-state index contributed by atoms with van der Waals surface area (Å²) in [4.78, 5) is 10.5. The Morgan fingerprint density at radius 2 is 2.00 bits per heavy atom. The summed E-state index contributed by atoms with van der Waals surface area (Å²) in [6.07, 6.45) is 2.15. The van der Waals surface area contributed by atoms with Gasteiger partial charge in [-0.15, -0.1) is 0 Å². The first-order valence-corrected chi connectivity index (χ1v) is 6.05. The average molecular weight is 222 g/mol. The van der Waals surface area contributed by atoms with E-state index in [1.54, 1.807) is 0 Å². The Balaban J connectivity index is 2.62. The average Bonchev–Trinajstić information content (AvgIpc) is 2.26. The van der Waals surface area contributed by atoms with Crippen LogP contribution in [0.3, 0.4) is 0 Å². The molecule has 0 saturated carbocycles. The molecule has 1 rings (SSSR count). The van der Waals surface area contributed by atoms with E-state index in [0.29, 0.717) is 12.5 Å². The van der Waals surface area contributed by atoms with E-state index in [4.69, 9.17) is 9.78 Å². The van der Waals surface area contributed by atoms with Crippen molar-refractivity contribution in [3.63, 3.8) is 0 Å². The summed E-state index contributed by atoms with van der Waals surface area (Å²) < 4.78 is 0. The normalized spacial score (nSPS) is 10.8. The van der Waals surface area contributed by atoms with Crippen molar-refractivity contribution in [3.05, 3.63) is 29.3 Å². The summed E-state index contributed by atoms with van der Waals surface area (Å²) in [7, 11) is 0. The van der Waals surface area contributed by atoms with E-state index >= 15 is 0 Å². The van der Waals surface area contributed by atoms with Crippen LogP contribution in [0.5, 0.6) is 5.75 Å². The van der Waals surface area contributed by atoms with Crippen molar-refractivity contribution in [2.24, 2.45) is 0 Å². The molecule has 0 amide bonds. The fourth-order valence-electron chi connectivity index (χ4n) is 1.66.